The minimum atomic E-state index is -0.700. The van der Waals surface area contributed by atoms with Crippen LogP contribution in [0, 0.1) is 38.7 Å². The Morgan fingerprint density at radius 1 is 0.852 bits per heavy atom. The van der Waals surface area contributed by atoms with Crippen molar-refractivity contribution in [3.05, 3.63) is 84.9 Å². The maximum Gasteiger partial charge on any atom is 0 e. The molecule has 0 aliphatic carbocycles. The molecule has 1 aliphatic heterocycles. The number of allylic oxidation sites excluding steroid dienone is 1. The van der Waals surface area contributed by atoms with Crippen molar-refractivity contribution in [1.82, 2.24) is 0 Å². The molecule has 1 atom stereocenters. The summed E-state index contributed by atoms with van der Waals surface area (Å²) >= 11 is 0. The van der Waals surface area contributed by atoms with Gasteiger partial charge in [-0.15, -0.1) is 0 Å². The fraction of sp³-hybridized carbons (Fsp3) is 0.235. The predicted octanol–water partition coefficient (Wildman–Crippen LogP) is 4.93. The average molecular weight is 555 g/mol. The fourth-order valence-corrected chi connectivity index (χ4v) is 4.01. The van der Waals surface area contributed by atoms with E-state index in [1.807, 2.05) is 18.2 Å². The van der Waals surface area contributed by atoms with Crippen LogP contribution in [0.3, 0.4) is 0 Å². The van der Waals surface area contributed by atoms with Crippen molar-refractivity contribution in [2.24, 2.45) is 10.3 Å². The van der Waals surface area contributed by atoms with Gasteiger partial charge in [0.05, 0.1) is 0 Å². The Hall–Kier alpha value is -1.91. The Morgan fingerprint density at radius 3 is 1.52 bits per heavy atom. The van der Waals surface area contributed by atoms with E-state index in [0.717, 1.165) is 0 Å². The zero-order chi connectivity index (χ0) is 21.8. The van der Waals surface area contributed by atoms with Gasteiger partial charge in [0.15, 0.2) is 0 Å². The molecule has 0 fully saturated rings. The second-order valence-corrected chi connectivity index (χ2v) is 6.50. The number of hydrogen-bond acceptors (Lipinski definition) is 1. The molecule has 138 valence electrons. The maximum absolute atomic E-state index is 8.57. The van der Waals surface area contributed by atoms with Crippen LogP contribution in [0.15, 0.2) is 40.5 Å². The van der Waals surface area contributed by atoms with Gasteiger partial charge in [0, 0.05) is 34.0 Å². The first-order valence-corrected chi connectivity index (χ1v) is 7.52. The first-order chi connectivity index (χ1) is 12.6. The van der Waals surface area contributed by atoms with Crippen LogP contribution in [0.4, 0.5) is 0 Å². The van der Waals surface area contributed by atoms with Gasteiger partial charge in [-0.1, -0.05) is 56.0 Å². The van der Waals surface area contributed by atoms with Gasteiger partial charge in [-0.3, -0.25) is 0 Å². The zero-order valence-electron chi connectivity index (χ0n) is 14.6. The molecule has 0 amide bonds. The average Bonchev–Trinajstić information content (AvgIpc) is 3.45. The van der Waals surface area contributed by atoms with Gasteiger partial charge in [-0.2, -0.15) is 0 Å². The second kappa shape index (κ2) is 24.1. The van der Waals surface area contributed by atoms with Gasteiger partial charge in [0.25, 0.3) is 0 Å². The third-order valence-electron chi connectivity index (χ3n) is 2.48. The van der Waals surface area contributed by atoms with E-state index in [1.54, 1.807) is 0 Å². The summed E-state index contributed by atoms with van der Waals surface area (Å²) in [5.41, 5.74) is 9.87. The Bertz CT molecular complexity index is 662. The van der Waals surface area contributed by atoms with Crippen LogP contribution < -0.4 is 0 Å². The van der Waals surface area contributed by atoms with E-state index >= 15 is 0 Å². The van der Waals surface area contributed by atoms with Crippen LogP contribution >= 0.6 is 8.07 Å². The summed E-state index contributed by atoms with van der Waals surface area (Å²) in [6.45, 7) is 29.0. The number of azide groups is 1. The Kier molecular flexibility index (Phi) is 32.2. The van der Waals surface area contributed by atoms with Crippen LogP contribution in [0.2, 0.25) is 0 Å². The quantitative estimate of drug-likeness (QED) is 0.122. The van der Waals surface area contributed by atoms with Gasteiger partial charge in [-0.05, 0) is 27.1 Å². The van der Waals surface area contributed by atoms with Crippen molar-refractivity contribution in [3.63, 3.8) is 0 Å². The third-order valence-corrected chi connectivity index (χ3v) is 4.74. The molecular formula is C17H14N3O5PW. The number of benzene rings is 1. The molecule has 1 aromatic carbocycles. The first-order valence-electron chi connectivity index (χ1n) is 6.23. The summed E-state index contributed by atoms with van der Waals surface area (Å²) in [6.07, 6.45) is 0. The first kappa shape index (κ1) is 36.1. The molecule has 0 saturated carbocycles. The number of hydrogen-bond donors (Lipinski definition) is 0. The molecule has 1 aliphatic rings. The van der Waals surface area contributed by atoms with Crippen molar-refractivity contribution in [2.45, 2.75) is 20.8 Å². The standard InChI is InChI=1S/C12H14N3P.5CO.W/c1-12(2,3)11-10(16(11)15-14-13)9-7-5-4-6-8-9;5*1-2;/h4-8H,1-3H3;;;;;;/t16-;;;;;;/m0....../s1. The van der Waals surface area contributed by atoms with Crippen molar-refractivity contribution in [2.75, 3.05) is 0 Å². The van der Waals surface area contributed by atoms with Crippen molar-refractivity contribution in [1.29, 1.82) is 0 Å². The monoisotopic (exact) mass is 555 g/mol. The normalized spacial score (nSPS) is 11.8. The molecular weight excluding hydrogens is 541 g/mol. The minimum Gasteiger partial charge on any atom is 0 e. The Balaban J connectivity index is -0.000000128. The third kappa shape index (κ3) is 13.9. The van der Waals surface area contributed by atoms with Gasteiger partial charge >= 0.3 is 56.5 Å². The fourth-order valence-electron chi connectivity index (χ4n) is 1.81. The van der Waals surface area contributed by atoms with Crippen molar-refractivity contribution in [3.8, 4) is 0 Å². The van der Waals surface area contributed by atoms with E-state index in [4.69, 9.17) is 28.8 Å². The molecule has 0 radical (unpaired) electrons. The van der Waals surface area contributed by atoms with Gasteiger partial charge in [-0.25, -0.2) is 0 Å². The molecule has 8 nitrogen and oxygen atoms in total. The van der Waals surface area contributed by atoms with E-state index in [1.165, 1.54) is 16.2 Å². The SMILES string of the molecule is CC(C)(C)C1=C(c2ccccc2)[P@]1N=[N+]=[N-].[C-]#[O+].[C-]#[O+].[C-]#[O+].[C-]#[O+].[C-]#[O+].[W]. The molecule has 0 N–H and O–H groups in total. The van der Waals surface area contributed by atoms with Gasteiger partial charge < -0.3 is 0 Å². The predicted molar refractivity (Wildman–Crippen MR) is 88.5 cm³/mol. The van der Waals surface area contributed by atoms with E-state index in [0.29, 0.717) is 0 Å². The molecule has 0 aromatic heterocycles. The van der Waals surface area contributed by atoms with Gasteiger partial charge in [0.2, 0.25) is 0 Å². The van der Waals surface area contributed by atoms with E-state index in [2.05, 4.69) is 76.0 Å². The molecule has 0 unspecified atom stereocenters. The van der Waals surface area contributed by atoms with E-state index in [-0.39, 0.29) is 26.5 Å². The molecule has 1 heterocycles. The van der Waals surface area contributed by atoms with Crippen molar-refractivity contribution >= 4 is 13.4 Å². The zero-order valence-corrected chi connectivity index (χ0v) is 18.5. The number of nitrogens with zero attached hydrogens (tertiary/aromatic N) is 3. The molecule has 27 heavy (non-hydrogen) atoms. The molecule has 0 bridgehead atoms. The summed E-state index contributed by atoms with van der Waals surface area (Å²) in [4.78, 5) is 6.86. The topological polar surface area (TPSA) is 148 Å². The van der Waals surface area contributed by atoms with Crippen LogP contribution in [0.1, 0.15) is 26.3 Å². The summed E-state index contributed by atoms with van der Waals surface area (Å²) in [5.74, 6) is 0. The summed E-state index contributed by atoms with van der Waals surface area (Å²) in [7, 11) is -0.700. The van der Waals surface area contributed by atoms with Crippen LogP contribution in [0.5, 0.6) is 0 Å². The smallest absolute Gasteiger partial charge is 0 e. The summed E-state index contributed by atoms with van der Waals surface area (Å²) in [6, 6.07) is 10.2. The molecule has 10 heteroatoms. The Morgan fingerprint density at radius 2 is 1.22 bits per heavy atom. The minimum absolute atomic E-state index is 0. The number of rotatable bonds is 2. The largest absolute Gasteiger partial charge is 0 e. The summed E-state index contributed by atoms with van der Waals surface area (Å²) < 4.78 is 37.5. The maximum atomic E-state index is 8.57. The van der Waals surface area contributed by atoms with E-state index in [9.17, 15) is 0 Å². The van der Waals surface area contributed by atoms with Crippen LogP contribution in [-0.2, 0) is 44.3 Å². The molecule has 2 rings (SSSR count). The van der Waals surface area contributed by atoms with E-state index < -0.39 is 8.07 Å². The second-order valence-electron chi connectivity index (χ2n) is 4.80. The van der Waals surface area contributed by atoms with Crippen LogP contribution in [-0.4, -0.2) is 0 Å². The molecule has 0 spiro atoms. The Labute approximate surface area is 173 Å². The molecule has 1 aromatic rings. The molecule has 0 saturated heterocycles. The summed E-state index contributed by atoms with van der Waals surface area (Å²) in [5, 5.41) is 2.59. The van der Waals surface area contributed by atoms with Gasteiger partial charge in [0.1, 0.15) is 0 Å². The van der Waals surface area contributed by atoms with Crippen LogP contribution in [0.25, 0.3) is 15.8 Å². The van der Waals surface area contributed by atoms with Crippen molar-refractivity contribution < 1.29 is 44.3 Å².